The van der Waals surface area contributed by atoms with E-state index in [1.54, 1.807) is 0 Å². The molecule has 0 unspecified atom stereocenters. The molecule has 11 heavy (non-hydrogen) atoms. The van der Waals surface area contributed by atoms with E-state index in [4.69, 9.17) is 4.42 Å². The Labute approximate surface area is 73.4 Å². The third-order valence-corrected chi connectivity index (χ3v) is 2.74. The second kappa shape index (κ2) is 2.98. The van der Waals surface area contributed by atoms with Crippen molar-refractivity contribution in [2.45, 2.75) is 10.4 Å². The molecular weight excluding hydrogens is 232 g/mol. The van der Waals surface area contributed by atoms with Crippen LogP contribution in [0.2, 0.25) is 0 Å². The number of furan rings is 1. The summed E-state index contributed by atoms with van der Waals surface area (Å²) in [7, 11) is -3.18. The molecule has 0 aliphatic heterocycles. The lowest BCUT2D eigenvalue weighted by Gasteiger charge is -1.86. The van der Waals surface area contributed by atoms with Gasteiger partial charge < -0.3 is 4.42 Å². The van der Waals surface area contributed by atoms with Gasteiger partial charge in [-0.2, -0.15) is 0 Å². The normalized spacial score (nSPS) is 11.8. The summed E-state index contributed by atoms with van der Waals surface area (Å²) in [5.41, 5.74) is 0.824. The second-order valence-electron chi connectivity index (χ2n) is 2.18. The maximum Gasteiger partial charge on any atom is 0.217 e. The van der Waals surface area contributed by atoms with Crippen molar-refractivity contribution in [3.05, 3.63) is 17.9 Å². The van der Waals surface area contributed by atoms with E-state index < -0.39 is 9.84 Å². The van der Waals surface area contributed by atoms with Crippen molar-refractivity contribution in [2.75, 3.05) is 6.26 Å². The molecule has 62 valence electrons. The molecular formula is C6H7BrO3S. The molecule has 0 saturated heterocycles. The third-order valence-electron chi connectivity index (χ3n) is 1.15. The fraction of sp³-hybridized carbons (Fsp3) is 0.333. The molecule has 0 bridgehead atoms. The first-order valence-corrected chi connectivity index (χ1v) is 5.89. The van der Waals surface area contributed by atoms with Gasteiger partial charge in [0.25, 0.3) is 0 Å². The van der Waals surface area contributed by atoms with Crippen molar-refractivity contribution < 1.29 is 12.8 Å². The van der Waals surface area contributed by atoms with Crippen molar-refractivity contribution in [1.29, 1.82) is 0 Å². The van der Waals surface area contributed by atoms with Gasteiger partial charge in [-0.25, -0.2) is 8.42 Å². The Balaban J connectivity index is 3.09. The van der Waals surface area contributed by atoms with Gasteiger partial charge >= 0.3 is 0 Å². The van der Waals surface area contributed by atoms with Gasteiger partial charge in [0.05, 0.1) is 6.26 Å². The standard InChI is InChI=1S/C6H7BrO3S/c1-11(8,9)6-2-5(3-7)4-10-6/h2,4H,3H2,1H3. The number of sulfone groups is 1. The summed E-state index contributed by atoms with van der Waals surface area (Å²) in [6.45, 7) is 0. The van der Waals surface area contributed by atoms with Crippen LogP contribution < -0.4 is 0 Å². The Hall–Kier alpha value is -0.290. The smallest absolute Gasteiger partial charge is 0.217 e. The highest BCUT2D eigenvalue weighted by atomic mass is 79.9. The van der Waals surface area contributed by atoms with Crippen molar-refractivity contribution in [3.8, 4) is 0 Å². The SMILES string of the molecule is CS(=O)(=O)c1cc(CBr)co1. The molecule has 0 N–H and O–H groups in total. The third kappa shape index (κ3) is 2.07. The number of hydrogen-bond donors (Lipinski definition) is 0. The Kier molecular flexibility index (Phi) is 2.39. The first-order chi connectivity index (χ1) is 5.04. The first-order valence-electron chi connectivity index (χ1n) is 2.87. The van der Waals surface area contributed by atoms with Crippen LogP contribution in [0.3, 0.4) is 0 Å². The summed E-state index contributed by atoms with van der Waals surface area (Å²) < 4.78 is 26.5. The molecule has 1 aromatic heterocycles. The molecule has 1 rings (SSSR count). The van der Waals surface area contributed by atoms with Crippen LogP contribution in [0.25, 0.3) is 0 Å². The minimum atomic E-state index is -3.18. The quantitative estimate of drug-likeness (QED) is 0.736. The van der Waals surface area contributed by atoms with Crippen LogP contribution in [0.5, 0.6) is 0 Å². The van der Waals surface area contributed by atoms with Crippen molar-refractivity contribution in [3.63, 3.8) is 0 Å². The van der Waals surface area contributed by atoms with Gasteiger partial charge in [0.2, 0.25) is 14.9 Å². The first kappa shape index (κ1) is 8.80. The molecule has 0 amide bonds. The average Bonchev–Trinajstić information content (AvgIpc) is 2.32. The van der Waals surface area contributed by atoms with Crippen LogP contribution in [-0.2, 0) is 15.2 Å². The van der Waals surface area contributed by atoms with E-state index in [9.17, 15) is 8.42 Å². The lowest BCUT2D eigenvalue weighted by molar-refractivity contribution is 0.451. The zero-order chi connectivity index (χ0) is 8.48. The molecule has 0 aliphatic rings. The van der Waals surface area contributed by atoms with E-state index in [-0.39, 0.29) is 5.09 Å². The van der Waals surface area contributed by atoms with E-state index in [1.807, 2.05) is 0 Å². The fourth-order valence-corrected chi connectivity index (χ4v) is 1.50. The zero-order valence-corrected chi connectivity index (χ0v) is 8.28. The minimum Gasteiger partial charge on any atom is -0.453 e. The molecule has 0 spiro atoms. The van der Waals surface area contributed by atoms with Crippen LogP contribution in [0.4, 0.5) is 0 Å². The monoisotopic (exact) mass is 238 g/mol. The summed E-state index contributed by atoms with van der Waals surface area (Å²) in [6.07, 6.45) is 2.54. The van der Waals surface area contributed by atoms with Gasteiger partial charge in [-0.05, 0) is 6.07 Å². The lowest BCUT2D eigenvalue weighted by atomic mass is 10.4. The Morgan fingerprint density at radius 1 is 1.64 bits per heavy atom. The molecule has 0 atom stereocenters. The van der Waals surface area contributed by atoms with Crippen molar-refractivity contribution in [2.24, 2.45) is 0 Å². The molecule has 0 radical (unpaired) electrons. The minimum absolute atomic E-state index is 0.0203. The molecule has 1 heterocycles. The molecule has 0 fully saturated rings. The number of rotatable bonds is 2. The topological polar surface area (TPSA) is 47.3 Å². The highest BCUT2D eigenvalue weighted by molar-refractivity contribution is 9.08. The van der Waals surface area contributed by atoms with E-state index in [0.717, 1.165) is 11.8 Å². The molecule has 0 aromatic carbocycles. The van der Waals surface area contributed by atoms with Gasteiger partial charge in [0, 0.05) is 17.1 Å². The molecule has 1 aromatic rings. The molecule has 3 nitrogen and oxygen atoms in total. The maximum atomic E-state index is 10.9. The van der Waals surface area contributed by atoms with Crippen LogP contribution in [0.15, 0.2) is 21.8 Å². The highest BCUT2D eigenvalue weighted by Gasteiger charge is 2.11. The van der Waals surface area contributed by atoms with E-state index in [1.165, 1.54) is 12.3 Å². The number of halogens is 1. The van der Waals surface area contributed by atoms with Gasteiger partial charge in [-0.15, -0.1) is 0 Å². The van der Waals surface area contributed by atoms with Gasteiger partial charge in [-0.3, -0.25) is 0 Å². The maximum absolute atomic E-state index is 10.9. The van der Waals surface area contributed by atoms with Gasteiger partial charge in [0.1, 0.15) is 0 Å². The largest absolute Gasteiger partial charge is 0.453 e. The van der Waals surface area contributed by atoms with Crippen molar-refractivity contribution >= 4 is 25.8 Å². The lowest BCUT2D eigenvalue weighted by Crippen LogP contribution is -1.93. The summed E-state index contributed by atoms with van der Waals surface area (Å²) >= 11 is 3.18. The Bertz CT molecular complexity index is 338. The number of alkyl halides is 1. The van der Waals surface area contributed by atoms with Gasteiger partial charge in [-0.1, -0.05) is 15.9 Å². The summed E-state index contributed by atoms with van der Waals surface area (Å²) in [5, 5.41) is 0.624. The fourth-order valence-electron chi connectivity index (χ4n) is 0.618. The summed E-state index contributed by atoms with van der Waals surface area (Å²) in [4.78, 5) is 0. The molecule has 0 aliphatic carbocycles. The van der Waals surface area contributed by atoms with E-state index in [2.05, 4.69) is 15.9 Å². The van der Waals surface area contributed by atoms with Gasteiger partial charge in [0.15, 0.2) is 0 Å². The Morgan fingerprint density at radius 2 is 2.27 bits per heavy atom. The predicted octanol–water partition coefficient (Wildman–Crippen LogP) is 1.58. The van der Waals surface area contributed by atoms with Crippen LogP contribution >= 0.6 is 15.9 Å². The van der Waals surface area contributed by atoms with Crippen molar-refractivity contribution in [1.82, 2.24) is 0 Å². The van der Waals surface area contributed by atoms with Crippen LogP contribution in [-0.4, -0.2) is 14.7 Å². The van der Waals surface area contributed by atoms with Crippen LogP contribution in [0.1, 0.15) is 5.56 Å². The number of hydrogen-bond acceptors (Lipinski definition) is 3. The molecule has 5 heteroatoms. The van der Waals surface area contributed by atoms with E-state index in [0.29, 0.717) is 5.33 Å². The average molecular weight is 239 g/mol. The summed E-state index contributed by atoms with van der Waals surface area (Å²) in [6, 6.07) is 1.50. The van der Waals surface area contributed by atoms with E-state index >= 15 is 0 Å². The second-order valence-corrected chi connectivity index (χ2v) is 4.69. The Morgan fingerprint density at radius 3 is 2.55 bits per heavy atom. The zero-order valence-electron chi connectivity index (χ0n) is 5.87. The van der Waals surface area contributed by atoms with Crippen LogP contribution in [0, 0.1) is 0 Å². The molecule has 0 saturated carbocycles. The predicted molar refractivity (Wildman–Crippen MR) is 44.4 cm³/mol. The highest BCUT2D eigenvalue weighted by Crippen LogP contribution is 2.15. The summed E-state index contributed by atoms with van der Waals surface area (Å²) in [5.74, 6) is 0.